The van der Waals surface area contributed by atoms with Crippen molar-refractivity contribution in [1.29, 1.82) is 0 Å². The smallest absolute Gasteiger partial charge is 0.243 e. The Hall–Kier alpha value is -1.59. The first-order valence-electron chi connectivity index (χ1n) is 7.16. The Labute approximate surface area is 119 Å². The molecule has 1 aliphatic rings. The van der Waals surface area contributed by atoms with E-state index in [1.54, 1.807) is 0 Å². The van der Waals surface area contributed by atoms with Gasteiger partial charge in [-0.1, -0.05) is 26.7 Å². The molecule has 0 aliphatic heterocycles. The summed E-state index contributed by atoms with van der Waals surface area (Å²) in [6.45, 7) is 5.31. The molecule has 0 saturated heterocycles. The topological polar surface area (TPSA) is 101 Å². The third kappa shape index (κ3) is 6.04. The van der Waals surface area contributed by atoms with E-state index in [-0.39, 0.29) is 17.7 Å². The van der Waals surface area contributed by atoms with Crippen LogP contribution >= 0.6 is 0 Å². The van der Waals surface area contributed by atoms with Crippen molar-refractivity contribution in [3.8, 4) is 0 Å². The SMILES string of the molecule is CC(=O)N[C@@H](CC(C)C)C(=O)N[C@@H](CC1CC1)C(N)=O. The van der Waals surface area contributed by atoms with Gasteiger partial charge in [-0.3, -0.25) is 14.4 Å². The minimum atomic E-state index is -0.640. The van der Waals surface area contributed by atoms with Crippen LogP contribution in [0.15, 0.2) is 0 Å². The molecule has 1 aliphatic carbocycles. The molecule has 0 aromatic rings. The molecule has 1 rings (SSSR count). The Morgan fingerprint density at radius 2 is 1.75 bits per heavy atom. The molecule has 1 saturated carbocycles. The van der Waals surface area contributed by atoms with Crippen molar-refractivity contribution in [2.24, 2.45) is 17.6 Å². The van der Waals surface area contributed by atoms with Crippen molar-refractivity contribution in [3.05, 3.63) is 0 Å². The predicted molar refractivity (Wildman–Crippen MR) is 75.5 cm³/mol. The van der Waals surface area contributed by atoms with Crippen molar-refractivity contribution < 1.29 is 14.4 Å². The van der Waals surface area contributed by atoms with E-state index in [2.05, 4.69) is 10.6 Å². The normalized spacial score (nSPS) is 17.4. The maximum absolute atomic E-state index is 12.2. The fourth-order valence-corrected chi connectivity index (χ4v) is 2.15. The number of hydrogen-bond acceptors (Lipinski definition) is 3. The molecule has 0 aromatic carbocycles. The fourth-order valence-electron chi connectivity index (χ4n) is 2.15. The van der Waals surface area contributed by atoms with E-state index >= 15 is 0 Å². The molecule has 114 valence electrons. The van der Waals surface area contributed by atoms with Gasteiger partial charge in [0, 0.05) is 6.92 Å². The standard InChI is InChI=1S/C14H25N3O3/c1-8(2)6-12(16-9(3)18)14(20)17-11(13(15)19)7-10-4-5-10/h8,10-12H,4-7H2,1-3H3,(H2,15,19)(H,16,18)(H,17,20)/t11-,12-/m0/s1. The van der Waals surface area contributed by atoms with Crippen molar-refractivity contribution in [3.63, 3.8) is 0 Å². The van der Waals surface area contributed by atoms with Gasteiger partial charge in [0.25, 0.3) is 0 Å². The van der Waals surface area contributed by atoms with Crippen LogP contribution in [0.1, 0.15) is 46.5 Å². The Bertz CT molecular complexity index is 378. The molecule has 0 heterocycles. The van der Waals surface area contributed by atoms with Crippen molar-refractivity contribution in [2.75, 3.05) is 0 Å². The minimum Gasteiger partial charge on any atom is -0.368 e. The van der Waals surface area contributed by atoms with Gasteiger partial charge in [-0.15, -0.1) is 0 Å². The summed E-state index contributed by atoms with van der Waals surface area (Å²) in [4.78, 5) is 34.7. The van der Waals surface area contributed by atoms with Crippen molar-refractivity contribution in [2.45, 2.75) is 58.5 Å². The summed E-state index contributed by atoms with van der Waals surface area (Å²) in [5.74, 6) is -0.372. The molecular weight excluding hydrogens is 258 g/mol. The summed E-state index contributed by atoms with van der Waals surface area (Å²) in [7, 11) is 0. The van der Waals surface area contributed by atoms with Gasteiger partial charge in [0.15, 0.2) is 0 Å². The molecule has 3 amide bonds. The zero-order valence-electron chi connectivity index (χ0n) is 12.4. The number of nitrogens with one attached hydrogen (secondary N) is 2. The van der Waals surface area contributed by atoms with E-state index in [4.69, 9.17) is 5.73 Å². The quantitative estimate of drug-likeness (QED) is 0.597. The van der Waals surface area contributed by atoms with Crippen LogP contribution < -0.4 is 16.4 Å². The second kappa shape index (κ2) is 7.26. The van der Waals surface area contributed by atoms with Crippen LogP contribution in [0.3, 0.4) is 0 Å². The van der Waals surface area contributed by atoms with Gasteiger partial charge in [-0.25, -0.2) is 0 Å². The lowest BCUT2D eigenvalue weighted by Gasteiger charge is -2.22. The third-order valence-corrected chi connectivity index (χ3v) is 3.33. The molecule has 0 bridgehead atoms. The summed E-state index contributed by atoms with van der Waals surface area (Å²) in [6, 6.07) is -1.26. The van der Waals surface area contributed by atoms with Gasteiger partial charge < -0.3 is 16.4 Å². The van der Waals surface area contributed by atoms with E-state index in [0.29, 0.717) is 18.8 Å². The number of hydrogen-bond donors (Lipinski definition) is 3. The lowest BCUT2D eigenvalue weighted by molar-refractivity contribution is -0.131. The van der Waals surface area contributed by atoms with Crippen LogP contribution in [0, 0.1) is 11.8 Å². The van der Waals surface area contributed by atoms with Gasteiger partial charge in [-0.05, 0) is 24.7 Å². The highest BCUT2D eigenvalue weighted by Crippen LogP contribution is 2.33. The number of rotatable bonds is 8. The Morgan fingerprint density at radius 3 is 2.15 bits per heavy atom. The van der Waals surface area contributed by atoms with E-state index < -0.39 is 18.0 Å². The summed E-state index contributed by atoms with van der Waals surface area (Å²) >= 11 is 0. The number of nitrogens with two attached hydrogens (primary N) is 1. The highest BCUT2D eigenvalue weighted by atomic mass is 16.2. The lowest BCUT2D eigenvalue weighted by Crippen LogP contribution is -2.53. The van der Waals surface area contributed by atoms with Crippen LogP contribution in [0.4, 0.5) is 0 Å². The molecule has 0 radical (unpaired) electrons. The Kier molecular flexibility index (Phi) is 5.98. The third-order valence-electron chi connectivity index (χ3n) is 3.33. The maximum Gasteiger partial charge on any atom is 0.243 e. The highest BCUT2D eigenvalue weighted by Gasteiger charge is 2.31. The molecule has 2 atom stereocenters. The van der Waals surface area contributed by atoms with E-state index in [1.165, 1.54) is 6.92 Å². The molecular formula is C14H25N3O3. The zero-order valence-corrected chi connectivity index (χ0v) is 12.4. The first kappa shape index (κ1) is 16.5. The van der Waals surface area contributed by atoms with E-state index in [0.717, 1.165) is 12.8 Å². The first-order valence-corrected chi connectivity index (χ1v) is 7.16. The monoisotopic (exact) mass is 283 g/mol. The summed E-state index contributed by atoms with van der Waals surface area (Å²) in [5, 5.41) is 5.29. The van der Waals surface area contributed by atoms with Crippen molar-refractivity contribution in [1.82, 2.24) is 10.6 Å². The molecule has 6 nitrogen and oxygen atoms in total. The minimum absolute atomic E-state index is 0.257. The summed E-state index contributed by atoms with van der Waals surface area (Å²) in [5.41, 5.74) is 5.32. The molecule has 20 heavy (non-hydrogen) atoms. The Balaban J connectivity index is 2.60. The molecule has 0 unspecified atom stereocenters. The van der Waals surface area contributed by atoms with Gasteiger partial charge in [0.05, 0.1) is 0 Å². The van der Waals surface area contributed by atoms with Crippen LogP contribution in [0.5, 0.6) is 0 Å². The largest absolute Gasteiger partial charge is 0.368 e. The van der Waals surface area contributed by atoms with Gasteiger partial charge in [-0.2, -0.15) is 0 Å². The average Bonchev–Trinajstić information content (AvgIpc) is 3.09. The number of primary amides is 1. The second-order valence-electron chi connectivity index (χ2n) is 6.03. The number of carbonyl (C=O) groups excluding carboxylic acids is 3. The first-order chi connectivity index (χ1) is 9.29. The van der Waals surface area contributed by atoms with Gasteiger partial charge in [0.2, 0.25) is 17.7 Å². The fraction of sp³-hybridized carbons (Fsp3) is 0.786. The highest BCUT2D eigenvalue weighted by molar-refractivity contribution is 5.91. The Morgan fingerprint density at radius 1 is 1.15 bits per heavy atom. The lowest BCUT2D eigenvalue weighted by atomic mass is 10.0. The summed E-state index contributed by atoms with van der Waals surface area (Å²) in [6.07, 6.45) is 3.29. The molecule has 0 aromatic heterocycles. The predicted octanol–water partition coefficient (Wildman–Crippen LogP) is 0.307. The molecule has 6 heteroatoms. The zero-order chi connectivity index (χ0) is 15.3. The van der Waals surface area contributed by atoms with Gasteiger partial charge in [0.1, 0.15) is 12.1 Å². The van der Waals surface area contributed by atoms with Crippen molar-refractivity contribution >= 4 is 17.7 Å². The van der Waals surface area contributed by atoms with Crippen LogP contribution in [-0.2, 0) is 14.4 Å². The van der Waals surface area contributed by atoms with E-state index in [1.807, 2.05) is 13.8 Å². The van der Waals surface area contributed by atoms with E-state index in [9.17, 15) is 14.4 Å². The molecule has 0 spiro atoms. The molecule has 1 fully saturated rings. The second-order valence-corrected chi connectivity index (χ2v) is 6.03. The van der Waals surface area contributed by atoms with Gasteiger partial charge >= 0.3 is 0 Å². The van der Waals surface area contributed by atoms with Crippen LogP contribution in [-0.4, -0.2) is 29.8 Å². The van der Waals surface area contributed by atoms with Crippen LogP contribution in [0.2, 0.25) is 0 Å². The summed E-state index contributed by atoms with van der Waals surface area (Å²) < 4.78 is 0. The van der Waals surface area contributed by atoms with Crippen LogP contribution in [0.25, 0.3) is 0 Å². The number of amides is 3. The average molecular weight is 283 g/mol. The molecule has 4 N–H and O–H groups in total. The maximum atomic E-state index is 12.2. The number of carbonyl (C=O) groups is 3.